The minimum absolute atomic E-state index is 1.00. The minimum atomic E-state index is 1.00. The van der Waals surface area contributed by atoms with Gasteiger partial charge >= 0.3 is 0 Å². The number of aromatic nitrogens is 5. The van der Waals surface area contributed by atoms with Gasteiger partial charge in [0.2, 0.25) is 0 Å². The van der Waals surface area contributed by atoms with Gasteiger partial charge in [-0.15, -0.1) is 0 Å². The average molecular weight is 403 g/mol. The van der Waals surface area contributed by atoms with Crippen LogP contribution < -0.4 is 21.4 Å². The molecule has 5 nitrogen and oxygen atoms in total. The van der Waals surface area contributed by atoms with E-state index in [-0.39, 0.29) is 0 Å². The predicted octanol–water partition coefficient (Wildman–Crippen LogP) is 2.00. The number of hydrogen-bond acceptors (Lipinski definition) is 1. The molecule has 0 unspecified atom stereocenters. The molecule has 1 aliphatic heterocycles. The fourth-order valence-corrected chi connectivity index (χ4v) is 4.09. The number of fused-ring (bicyclic) bond motifs is 8. The Morgan fingerprint density at radius 3 is 1.84 bits per heavy atom. The molecule has 6 rings (SSSR count). The molecule has 4 N–H and O–H groups in total. The highest BCUT2D eigenvalue weighted by Gasteiger charge is 2.09. The number of nitrogens with zero attached hydrogens (tertiary/aromatic N) is 1. The van der Waals surface area contributed by atoms with Crippen LogP contribution in [0.3, 0.4) is 0 Å². The quantitative estimate of drug-likeness (QED) is 0.333. The largest absolute Gasteiger partial charge is 0.355 e. The van der Waals surface area contributed by atoms with Crippen LogP contribution in [0.25, 0.3) is 35.4 Å². The highest BCUT2D eigenvalue weighted by atomic mass is 14.8. The van der Waals surface area contributed by atoms with Crippen LogP contribution >= 0.6 is 0 Å². The van der Waals surface area contributed by atoms with E-state index in [1.807, 2.05) is 13.1 Å². The van der Waals surface area contributed by atoms with Crippen LogP contribution in [0.5, 0.6) is 0 Å². The standard InChI is InChI=1S/C26H21N5/c1-16-10-17(8-9-27-16)25-14-24-13-22-5-4-20(29-22)11-18-2-3-19(28-18)12-21-6-7-23(30-21)15-26(25)31-24/h2-15,28-31H,1H3. The molecule has 5 aromatic rings. The minimum Gasteiger partial charge on any atom is -0.355 e. The molecule has 0 aromatic carbocycles. The smallest absolute Gasteiger partial charge is 0.0485 e. The molecule has 8 bridgehead atoms. The lowest BCUT2D eigenvalue weighted by Gasteiger charge is -2.01. The summed E-state index contributed by atoms with van der Waals surface area (Å²) in [5.41, 5.74) is 7.50. The van der Waals surface area contributed by atoms with Crippen LogP contribution in [0.15, 0.2) is 60.8 Å². The molecule has 0 aliphatic carbocycles. The summed E-state index contributed by atoms with van der Waals surface area (Å²) in [5, 5.41) is 4.19. The first-order chi connectivity index (χ1) is 15.2. The zero-order chi connectivity index (χ0) is 20.8. The molecule has 0 saturated carbocycles. The van der Waals surface area contributed by atoms with Gasteiger partial charge in [0, 0.05) is 61.6 Å². The summed E-state index contributed by atoms with van der Waals surface area (Å²) in [7, 11) is 0. The summed E-state index contributed by atoms with van der Waals surface area (Å²) in [5.74, 6) is 0. The third-order valence-corrected chi connectivity index (χ3v) is 5.50. The van der Waals surface area contributed by atoms with E-state index in [1.54, 1.807) is 0 Å². The van der Waals surface area contributed by atoms with Crippen LogP contribution in [-0.4, -0.2) is 24.9 Å². The summed E-state index contributed by atoms with van der Waals surface area (Å²) >= 11 is 0. The second kappa shape index (κ2) is 6.92. The van der Waals surface area contributed by atoms with Crippen molar-refractivity contribution in [2.75, 3.05) is 0 Å². The Labute approximate surface area is 178 Å². The van der Waals surface area contributed by atoms with Crippen LogP contribution in [0.1, 0.15) is 28.5 Å². The van der Waals surface area contributed by atoms with Crippen molar-refractivity contribution in [2.24, 2.45) is 0 Å². The Hall–Kier alpha value is -4.25. The van der Waals surface area contributed by atoms with Gasteiger partial charge < -0.3 is 19.9 Å². The summed E-state index contributed by atoms with van der Waals surface area (Å²) in [6.07, 6.45) is 10.4. The fourth-order valence-electron chi connectivity index (χ4n) is 4.09. The number of aryl methyl sites for hydroxylation is 1. The highest BCUT2D eigenvalue weighted by Crippen LogP contribution is 2.26. The van der Waals surface area contributed by atoms with Gasteiger partial charge in [0.1, 0.15) is 0 Å². The van der Waals surface area contributed by atoms with Gasteiger partial charge in [0.25, 0.3) is 0 Å². The molecule has 0 radical (unpaired) electrons. The van der Waals surface area contributed by atoms with Gasteiger partial charge in [0.05, 0.1) is 0 Å². The first-order valence-electron chi connectivity index (χ1n) is 10.3. The number of rotatable bonds is 1. The molecule has 150 valence electrons. The van der Waals surface area contributed by atoms with Gasteiger partial charge in [-0.2, -0.15) is 0 Å². The van der Waals surface area contributed by atoms with Crippen LogP contribution in [0.2, 0.25) is 0 Å². The van der Waals surface area contributed by atoms with Crippen molar-refractivity contribution in [1.29, 1.82) is 0 Å². The molecule has 5 aromatic heterocycles. The van der Waals surface area contributed by atoms with Crippen molar-refractivity contribution < 1.29 is 0 Å². The Balaban J connectivity index is 1.63. The maximum atomic E-state index is 4.35. The van der Waals surface area contributed by atoms with E-state index in [0.29, 0.717) is 0 Å². The normalized spacial score (nSPS) is 12.4. The fraction of sp³-hybridized carbons (Fsp3) is 0.0385. The Morgan fingerprint density at radius 1 is 0.581 bits per heavy atom. The Morgan fingerprint density at radius 2 is 1.19 bits per heavy atom. The van der Waals surface area contributed by atoms with Gasteiger partial charge in [-0.25, -0.2) is 0 Å². The molecule has 31 heavy (non-hydrogen) atoms. The van der Waals surface area contributed by atoms with E-state index in [0.717, 1.165) is 61.0 Å². The number of nitrogens with one attached hydrogen (secondary N) is 4. The molecule has 6 heterocycles. The molecule has 1 aliphatic rings. The SMILES string of the molecule is Cc1cc(-c2cc3[nH]c2C=c2ccc([nH]2)=Cc2ccc([nH]2)C=c2ccc([nH]2)=C3)ccn1. The predicted molar refractivity (Wildman–Crippen MR) is 124 cm³/mol. The number of H-pyrrole nitrogens is 4. The van der Waals surface area contributed by atoms with Crippen molar-refractivity contribution >= 4 is 24.3 Å². The number of aromatic amines is 4. The lowest BCUT2D eigenvalue weighted by molar-refractivity contribution is 1.20. The first-order valence-corrected chi connectivity index (χ1v) is 10.3. The van der Waals surface area contributed by atoms with E-state index < -0.39 is 0 Å². The van der Waals surface area contributed by atoms with E-state index in [1.165, 1.54) is 0 Å². The lowest BCUT2D eigenvalue weighted by Crippen LogP contribution is -2.10. The molecular weight excluding hydrogens is 382 g/mol. The van der Waals surface area contributed by atoms with Crippen molar-refractivity contribution in [3.63, 3.8) is 0 Å². The maximum Gasteiger partial charge on any atom is 0.0485 e. The van der Waals surface area contributed by atoms with Gasteiger partial charge in [-0.1, -0.05) is 0 Å². The van der Waals surface area contributed by atoms with Crippen molar-refractivity contribution in [1.82, 2.24) is 24.9 Å². The molecular formula is C26H21N5. The zero-order valence-electron chi connectivity index (χ0n) is 17.0. The van der Waals surface area contributed by atoms with Crippen molar-refractivity contribution in [3.05, 3.63) is 111 Å². The van der Waals surface area contributed by atoms with Crippen LogP contribution in [0.4, 0.5) is 0 Å². The number of hydrogen-bond donors (Lipinski definition) is 4. The van der Waals surface area contributed by atoms with E-state index in [9.17, 15) is 0 Å². The van der Waals surface area contributed by atoms with Gasteiger partial charge in [-0.05, 0) is 91.4 Å². The monoisotopic (exact) mass is 403 g/mol. The van der Waals surface area contributed by atoms with Crippen LogP contribution in [-0.2, 0) is 0 Å². The molecule has 5 heteroatoms. The second-order valence-corrected chi connectivity index (χ2v) is 7.92. The highest BCUT2D eigenvalue weighted by molar-refractivity contribution is 5.76. The van der Waals surface area contributed by atoms with Crippen molar-refractivity contribution in [3.8, 4) is 11.1 Å². The molecule has 0 saturated heterocycles. The van der Waals surface area contributed by atoms with Gasteiger partial charge in [0.15, 0.2) is 0 Å². The third-order valence-electron chi connectivity index (χ3n) is 5.50. The summed E-state index contributed by atoms with van der Waals surface area (Å²) in [6.45, 7) is 2.02. The number of pyridine rings is 1. The Bertz CT molecular complexity index is 1650. The first kappa shape index (κ1) is 17.6. The maximum absolute atomic E-state index is 4.35. The summed E-state index contributed by atoms with van der Waals surface area (Å²) in [6, 6.07) is 18.9. The van der Waals surface area contributed by atoms with E-state index in [2.05, 4.69) is 104 Å². The topological polar surface area (TPSA) is 76.0 Å². The average Bonchev–Trinajstić information content (AvgIpc) is 3.53. The van der Waals surface area contributed by atoms with E-state index >= 15 is 0 Å². The summed E-state index contributed by atoms with van der Waals surface area (Å²) in [4.78, 5) is 18.3. The molecule has 0 atom stereocenters. The summed E-state index contributed by atoms with van der Waals surface area (Å²) < 4.78 is 0. The van der Waals surface area contributed by atoms with E-state index in [4.69, 9.17) is 0 Å². The molecule has 0 spiro atoms. The third kappa shape index (κ3) is 3.46. The van der Waals surface area contributed by atoms with Gasteiger partial charge in [-0.3, -0.25) is 4.98 Å². The molecule has 0 amide bonds. The Kier molecular flexibility index (Phi) is 3.93. The lowest BCUT2D eigenvalue weighted by atomic mass is 10.1. The van der Waals surface area contributed by atoms with Crippen molar-refractivity contribution in [2.45, 2.75) is 6.92 Å². The second-order valence-electron chi connectivity index (χ2n) is 7.92. The zero-order valence-corrected chi connectivity index (χ0v) is 17.0. The van der Waals surface area contributed by atoms with Crippen LogP contribution in [0, 0.1) is 6.92 Å². The molecule has 0 fully saturated rings.